The van der Waals surface area contributed by atoms with Crippen LogP contribution in [0.4, 0.5) is 13.2 Å². The van der Waals surface area contributed by atoms with Gasteiger partial charge in [-0.2, -0.15) is 13.2 Å². The van der Waals surface area contributed by atoms with Gasteiger partial charge in [0.25, 0.3) is 0 Å². The standard InChI is InChI=1S/C12H18F3NO4/c1-7-4-8(9(5-7)11(19)20)10(18)16(2-3-17)6-12(13,14)15/h7-9,17H,2-6H2,1H3,(H,19,20). The molecule has 0 heterocycles. The average molecular weight is 297 g/mol. The number of alkyl halides is 3. The van der Waals surface area contributed by atoms with Crippen molar-refractivity contribution in [2.75, 3.05) is 19.7 Å². The first kappa shape index (κ1) is 16.7. The number of nitrogens with zero attached hydrogens (tertiary/aromatic N) is 1. The topological polar surface area (TPSA) is 77.8 Å². The number of carbonyl (C=O) groups is 2. The first-order valence-electron chi connectivity index (χ1n) is 6.35. The molecule has 0 aromatic carbocycles. The highest BCUT2D eigenvalue weighted by Crippen LogP contribution is 2.37. The maximum atomic E-state index is 12.4. The number of carboxylic acid groups (broad SMARTS) is 1. The van der Waals surface area contributed by atoms with E-state index < -0.39 is 49.6 Å². The van der Waals surface area contributed by atoms with Crippen LogP contribution in [0.1, 0.15) is 19.8 Å². The number of rotatable bonds is 5. The fraction of sp³-hybridized carbons (Fsp3) is 0.833. The van der Waals surface area contributed by atoms with Gasteiger partial charge >= 0.3 is 12.1 Å². The molecule has 1 aliphatic carbocycles. The van der Waals surface area contributed by atoms with Crippen molar-refractivity contribution in [1.29, 1.82) is 0 Å². The van der Waals surface area contributed by atoms with Crippen molar-refractivity contribution in [1.82, 2.24) is 4.90 Å². The summed E-state index contributed by atoms with van der Waals surface area (Å²) in [4.78, 5) is 23.7. The quantitative estimate of drug-likeness (QED) is 0.797. The summed E-state index contributed by atoms with van der Waals surface area (Å²) in [6, 6.07) is 0. The molecule has 3 unspecified atom stereocenters. The Labute approximate surface area is 114 Å². The summed E-state index contributed by atoms with van der Waals surface area (Å²) in [6.45, 7) is -0.746. The summed E-state index contributed by atoms with van der Waals surface area (Å²) >= 11 is 0. The second-order valence-corrected chi connectivity index (χ2v) is 5.23. The highest BCUT2D eigenvalue weighted by Gasteiger charge is 2.44. The lowest BCUT2D eigenvalue weighted by molar-refractivity contribution is -0.166. The summed E-state index contributed by atoms with van der Waals surface area (Å²) in [5.74, 6) is -3.92. The van der Waals surface area contributed by atoms with Crippen molar-refractivity contribution in [3.63, 3.8) is 0 Å². The zero-order chi connectivity index (χ0) is 15.5. The summed E-state index contributed by atoms with van der Waals surface area (Å²) in [5.41, 5.74) is 0. The molecule has 0 aromatic heterocycles. The lowest BCUT2D eigenvalue weighted by Crippen LogP contribution is -2.45. The number of aliphatic carboxylic acids is 1. The van der Waals surface area contributed by atoms with Gasteiger partial charge in [-0.15, -0.1) is 0 Å². The Morgan fingerprint density at radius 1 is 1.25 bits per heavy atom. The van der Waals surface area contributed by atoms with Crippen LogP contribution in [0.15, 0.2) is 0 Å². The van der Waals surface area contributed by atoms with Crippen molar-refractivity contribution in [3.05, 3.63) is 0 Å². The summed E-state index contributed by atoms with van der Waals surface area (Å²) < 4.78 is 37.3. The number of hydrogen-bond acceptors (Lipinski definition) is 3. The molecule has 5 nitrogen and oxygen atoms in total. The van der Waals surface area contributed by atoms with Crippen LogP contribution in [0, 0.1) is 17.8 Å². The Morgan fingerprint density at radius 2 is 1.80 bits per heavy atom. The summed E-state index contributed by atoms with van der Waals surface area (Å²) in [5, 5.41) is 17.8. The third-order valence-electron chi connectivity index (χ3n) is 3.48. The molecular weight excluding hydrogens is 279 g/mol. The van der Waals surface area contributed by atoms with Crippen molar-refractivity contribution in [3.8, 4) is 0 Å². The lowest BCUT2D eigenvalue weighted by atomic mass is 9.94. The van der Waals surface area contributed by atoms with Crippen molar-refractivity contribution in [2.45, 2.75) is 25.9 Å². The van der Waals surface area contributed by atoms with Crippen LogP contribution in [0.2, 0.25) is 0 Å². The third-order valence-corrected chi connectivity index (χ3v) is 3.48. The lowest BCUT2D eigenvalue weighted by Gasteiger charge is -2.27. The number of carboxylic acids is 1. The van der Waals surface area contributed by atoms with E-state index in [-0.39, 0.29) is 18.8 Å². The predicted octanol–water partition coefficient (Wildman–Crippen LogP) is 1.12. The normalized spacial score (nSPS) is 26.6. The minimum absolute atomic E-state index is 0.0214. The molecule has 3 atom stereocenters. The highest BCUT2D eigenvalue weighted by atomic mass is 19.4. The molecule has 0 bridgehead atoms. The number of aliphatic hydroxyl groups is 1. The van der Waals surface area contributed by atoms with Crippen molar-refractivity contribution < 1.29 is 33.0 Å². The minimum atomic E-state index is -4.58. The molecule has 2 N–H and O–H groups in total. The maximum absolute atomic E-state index is 12.4. The van der Waals surface area contributed by atoms with Crippen LogP contribution < -0.4 is 0 Å². The molecule has 0 radical (unpaired) electrons. The molecule has 0 saturated heterocycles. The fourth-order valence-electron chi connectivity index (χ4n) is 2.68. The monoisotopic (exact) mass is 297 g/mol. The second-order valence-electron chi connectivity index (χ2n) is 5.23. The number of carbonyl (C=O) groups excluding carboxylic acids is 1. The number of halogens is 3. The summed E-state index contributed by atoms with van der Waals surface area (Å²) in [6.07, 6.45) is -4.03. The van der Waals surface area contributed by atoms with Crippen LogP contribution in [-0.4, -0.2) is 52.9 Å². The van der Waals surface area contributed by atoms with Crippen LogP contribution in [-0.2, 0) is 9.59 Å². The molecule has 1 aliphatic rings. The minimum Gasteiger partial charge on any atom is -0.481 e. The van der Waals surface area contributed by atoms with Gasteiger partial charge in [-0.3, -0.25) is 9.59 Å². The Morgan fingerprint density at radius 3 is 2.25 bits per heavy atom. The van der Waals surface area contributed by atoms with E-state index in [1.54, 1.807) is 6.92 Å². The Balaban J connectivity index is 2.85. The maximum Gasteiger partial charge on any atom is 0.406 e. The largest absolute Gasteiger partial charge is 0.481 e. The van der Waals surface area contributed by atoms with Crippen molar-refractivity contribution in [2.24, 2.45) is 17.8 Å². The van der Waals surface area contributed by atoms with E-state index in [1.165, 1.54) is 0 Å². The van der Waals surface area contributed by atoms with Gasteiger partial charge in [-0.1, -0.05) is 6.92 Å². The predicted molar refractivity (Wildman–Crippen MR) is 62.7 cm³/mol. The molecule has 8 heteroatoms. The van der Waals surface area contributed by atoms with Crippen LogP contribution in [0.3, 0.4) is 0 Å². The number of aliphatic hydroxyl groups excluding tert-OH is 1. The first-order valence-corrected chi connectivity index (χ1v) is 6.35. The first-order chi connectivity index (χ1) is 9.15. The van der Waals surface area contributed by atoms with E-state index in [0.29, 0.717) is 4.90 Å². The van der Waals surface area contributed by atoms with Gasteiger partial charge in [0.15, 0.2) is 0 Å². The molecule has 0 aliphatic heterocycles. The molecule has 116 valence electrons. The number of amides is 1. The molecule has 1 saturated carbocycles. The molecule has 1 rings (SSSR count). The van der Waals surface area contributed by atoms with Gasteiger partial charge in [0.05, 0.1) is 18.4 Å². The van der Waals surface area contributed by atoms with Gasteiger partial charge < -0.3 is 15.1 Å². The van der Waals surface area contributed by atoms with Crippen molar-refractivity contribution >= 4 is 11.9 Å². The molecule has 0 aromatic rings. The van der Waals surface area contributed by atoms with E-state index in [9.17, 15) is 22.8 Å². The third kappa shape index (κ3) is 4.36. The van der Waals surface area contributed by atoms with Gasteiger partial charge in [0.1, 0.15) is 6.54 Å². The Bertz CT molecular complexity index is 372. The van der Waals surface area contributed by atoms with Crippen LogP contribution in [0.5, 0.6) is 0 Å². The van der Waals surface area contributed by atoms with E-state index >= 15 is 0 Å². The van der Waals surface area contributed by atoms with Crippen LogP contribution in [0.25, 0.3) is 0 Å². The fourth-order valence-corrected chi connectivity index (χ4v) is 2.68. The van der Waals surface area contributed by atoms with Gasteiger partial charge in [-0.05, 0) is 18.8 Å². The molecular formula is C12H18F3NO4. The zero-order valence-electron chi connectivity index (χ0n) is 11.1. The summed E-state index contributed by atoms with van der Waals surface area (Å²) in [7, 11) is 0. The van der Waals surface area contributed by atoms with E-state index in [0.717, 1.165) is 0 Å². The highest BCUT2D eigenvalue weighted by molar-refractivity contribution is 5.85. The molecule has 0 spiro atoms. The van der Waals surface area contributed by atoms with Gasteiger partial charge in [0, 0.05) is 6.54 Å². The molecule has 1 fully saturated rings. The average Bonchev–Trinajstić information content (AvgIpc) is 2.68. The zero-order valence-corrected chi connectivity index (χ0v) is 11.1. The Hall–Kier alpha value is -1.31. The SMILES string of the molecule is CC1CC(C(=O)O)C(C(=O)N(CCO)CC(F)(F)F)C1. The van der Waals surface area contributed by atoms with E-state index in [2.05, 4.69) is 0 Å². The number of hydrogen-bond donors (Lipinski definition) is 2. The Kier molecular flexibility index (Phi) is 5.38. The van der Waals surface area contributed by atoms with E-state index in [4.69, 9.17) is 10.2 Å². The van der Waals surface area contributed by atoms with E-state index in [1.807, 2.05) is 0 Å². The van der Waals surface area contributed by atoms with Gasteiger partial charge in [0.2, 0.25) is 5.91 Å². The van der Waals surface area contributed by atoms with Gasteiger partial charge in [-0.25, -0.2) is 0 Å². The molecule has 1 amide bonds. The molecule has 20 heavy (non-hydrogen) atoms. The van der Waals surface area contributed by atoms with Crippen LogP contribution >= 0.6 is 0 Å². The smallest absolute Gasteiger partial charge is 0.406 e. The second kappa shape index (κ2) is 6.43.